The highest BCUT2D eigenvalue weighted by Crippen LogP contribution is 2.42. The van der Waals surface area contributed by atoms with Gasteiger partial charge in [0.05, 0.1) is 0 Å². The van der Waals surface area contributed by atoms with E-state index in [1.54, 1.807) is 20.8 Å². The van der Waals surface area contributed by atoms with Crippen LogP contribution in [0.2, 0.25) is 0 Å². The fraction of sp³-hybridized carbons (Fsp3) is 0.533. The standard InChI is InChI=1S/C15H18O4/c1-7(2)15(19)10-5-9(4)13(17)14(18)12(10)8(3)6-11(15)16/h5,7-8,19H,6H2,1-4H3. The molecular weight excluding hydrogens is 244 g/mol. The molecule has 4 nitrogen and oxygen atoms in total. The summed E-state index contributed by atoms with van der Waals surface area (Å²) in [4.78, 5) is 36.1. The van der Waals surface area contributed by atoms with Gasteiger partial charge in [-0.05, 0) is 30.4 Å². The molecule has 0 saturated carbocycles. The second kappa shape index (κ2) is 4.23. The van der Waals surface area contributed by atoms with Gasteiger partial charge in [-0.1, -0.05) is 20.8 Å². The van der Waals surface area contributed by atoms with Gasteiger partial charge in [-0.15, -0.1) is 0 Å². The van der Waals surface area contributed by atoms with Crippen LogP contribution in [0, 0.1) is 11.8 Å². The zero-order valence-corrected chi connectivity index (χ0v) is 11.6. The number of rotatable bonds is 1. The lowest BCUT2D eigenvalue weighted by molar-refractivity contribution is -0.140. The van der Waals surface area contributed by atoms with E-state index >= 15 is 0 Å². The number of hydrogen-bond acceptors (Lipinski definition) is 4. The number of carbonyl (C=O) groups excluding carboxylic acids is 3. The molecule has 0 aromatic rings. The molecule has 2 atom stereocenters. The van der Waals surface area contributed by atoms with Crippen molar-refractivity contribution in [1.82, 2.24) is 0 Å². The molecule has 0 spiro atoms. The zero-order valence-electron chi connectivity index (χ0n) is 11.6. The molecule has 0 aliphatic heterocycles. The number of Topliss-reactive ketones (excluding diaryl/α,β-unsaturated/α-hetero) is 3. The smallest absolute Gasteiger partial charge is 0.229 e. The average molecular weight is 262 g/mol. The Morgan fingerprint density at radius 3 is 2.37 bits per heavy atom. The molecule has 0 fully saturated rings. The normalized spacial score (nSPS) is 31.8. The van der Waals surface area contributed by atoms with Crippen LogP contribution in [0.15, 0.2) is 22.8 Å². The molecule has 19 heavy (non-hydrogen) atoms. The molecule has 2 rings (SSSR count). The third kappa shape index (κ3) is 1.74. The molecule has 1 N–H and O–H groups in total. The summed E-state index contributed by atoms with van der Waals surface area (Å²) >= 11 is 0. The van der Waals surface area contributed by atoms with Crippen molar-refractivity contribution in [3.8, 4) is 0 Å². The van der Waals surface area contributed by atoms with Crippen molar-refractivity contribution in [3.05, 3.63) is 22.8 Å². The van der Waals surface area contributed by atoms with Gasteiger partial charge in [0, 0.05) is 17.6 Å². The van der Waals surface area contributed by atoms with E-state index in [4.69, 9.17) is 0 Å². The van der Waals surface area contributed by atoms with E-state index in [2.05, 4.69) is 0 Å². The third-order valence-corrected chi connectivity index (χ3v) is 4.12. The Morgan fingerprint density at radius 2 is 1.84 bits per heavy atom. The monoisotopic (exact) mass is 262 g/mol. The van der Waals surface area contributed by atoms with Crippen LogP contribution >= 0.6 is 0 Å². The molecule has 2 aliphatic carbocycles. The maximum absolute atomic E-state index is 12.2. The third-order valence-electron chi connectivity index (χ3n) is 4.12. The molecule has 0 amide bonds. The molecule has 0 aromatic carbocycles. The van der Waals surface area contributed by atoms with Gasteiger partial charge in [-0.25, -0.2) is 0 Å². The Kier molecular flexibility index (Phi) is 3.09. The van der Waals surface area contributed by atoms with Gasteiger partial charge in [-0.3, -0.25) is 14.4 Å². The van der Waals surface area contributed by atoms with E-state index in [9.17, 15) is 19.5 Å². The highest BCUT2D eigenvalue weighted by atomic mass is 16.3. The summed E-state index contributed by atoms with van der Waals surface area (Å²) in [5.74, 6) is -2.05. The van der Waals surface area contributed by atoms with Crippen LogP contribution in [0.1, 0.15) is 34.1 Å². The molecule has 0 radical (unpaired) electrons. The molecule has 0 heterocycles. The van der Waals surface area contributed by atoms with E-state index in [0.717, 1.165) is 0 Å². The van der Waals surface area contributed by atoms with Crippen molar-refractivity contribution in [2.24, 2.45) is 11.8 Å². The fourth-order valence-electron chi connectivity index (χ4n) is 2.91. The second-order valence-electron chi connectivity index (χ2n) is 5.76. The first-order valence-electron chi connectivity index (χ1n) is 6.48. The maximum Gasteiger partial charge on any atom is 0.229 e. The number of aliphatic hydroxyl groups is 1. The first-order chi connectivity index (χ1) is 8.71. The van der Waals surface area contributed by atoms with Crippen molar-refractivity contribution >= 4 is 17.3 Å². The molecule has 102 valence electrons. The predicted molar refractivity (Wildman–Crippen MR) is 69.4 cm³/mol. The summed E-state index contributed by atoms with van der Waals surface area (Å²) in [5, 5.41) is 10.7. The average Bonchev–Trinajstić information content (AvgIpc) is 2.32. The van der Waals surface area contributed by atoms with Crippen LogP contribution in [0.4, 0.5) is 0 Å². The number of ketones is 3. The Morgan fingerprint density at radius 1 is 1.26 bits per heavy atom. The molecule has 2 aliphatic rings. The van der Waals surface area contributed by atoms with Crippen LogP contribution in [0.25, 0.3) is 0 Å². The van der Waals surface area contributed by atoms with Gasteiger partial charge in [0.2, 0.25) is 11.6 Å². The minimum atomic E-state index is -1.65. The Hall–Kier alpha value is -1.55. The highest BCUT2D eigenvalue weighted by Gasteiger charge is 2.50. The minimum Gasteiger partial charge on any atom is -0.377 e. The topological polar surface area (TPSA) is 71.4 Å². The Balaban J connectivity index is 2.74. The van der Waals surface area contributed by atoms with Crippen molar-refractivity contribution < 1.29 is 19.5 Å². The van der Waals surface area contributed by atoms with Crippen LogP contribution in [0.3, 0.4) is 0 Å². The van der Waals surface area contributed by atoms with Crippen molar-refractivity contribution in [1.29, 1.82) is 0 Å². The second-order valence-corrected chi connectivity index (χ2v) is 5.76. The lowest BCUT2D eigenvalue weighted by atomic mass is 9.65. The van der Waals surface area contributed by atoms with E-state index in [1.807, 2.05) is 0 Å². The first kappa shape index (κ1) is 13.9. The summed E-state index contributed by atoms with van der Waals surface area (Å²) < 4.78 is 0. The zero-order chi connectivity index (χ0) is 14.5. The quantitative estimate of drug-likeness (QED) is 0.572. The number of carbonyl (C=O) groups is 3. The van der Waals surface area contributed by atoms with Gasteiger partial charge in [-0.2, -0.15) is 0 Å². The van der Waals surface area contributed by atoms with Crippen molar-refractivity contribution in [3.63, 3.8) is 0 Å². The van der Waals surface area contributed by atoms with Gasteiger partial charge in [0.15, 0.2) is 11.4 Å². The summed E-state index contributed by atoms with van der Waals surface area (Å²) in [6, 6.07) is 0. The van der Waals surface area contributed by atoms with Gasteiger partial charge in [0.25, 0.3) is 0 Å². The maximum atomic E-state index is 12.2. The van der Waals surface area contributed by atoms with E-state index in [0.29, 0.717) is 11.1 Å². The van der Waals surface area contributed by atoms with Crippen LogP contribution in [-0.4, -0.2) is 28.1 Å². The number of hydrogen-bond donors (Lipinski definition) is 1. The molecule has 4 heteroatoms. The molecule has 0 bridgehead atoms. The molecule has 0 saturated heterocycles. The van der Waals surface area contributed by atoms with Gasteiger partial charge in [0.1, 0.15) is 0 Å². The van der Waals surface area contributed by atoms with Crippen LogP contribution in [0.5, 0.6) is 0 Å². The van der Waals surface area contributed by atoms with Crippen molar-refractivity contribution in [2.45, 2.75) is 39.7 Å². The molecule has 0 aromatic heterocycles. The Labute approximate surface area is 112 Å². The lowest BCUT2D eigenvalue weighted by Gasteiger charge is -2.40. The van der Waals surface area contributed by atoms with Gasteiger partial charge < -0.3 is 5.11 Å². The largest absolute Gasteiger partial charge is 0.377 e. The van der Waals surface area contributed by atoms with Crippen LogP contribution in [-0.2, 0) is 14.4 Å². The van der Waals surface area contributed by atoms with Crippen LogP contribution < -0.4 is 0 Å². The summed E-state index contributed by atoms with van der Waals surface area (Å²) in [5.41, 5.74) is -0.732. The summed E-state index contributed by atoms with van der Waals surface area (Å²) in [6.45, 7) is 6.76. The van der Waals surface area contributed by atoms with E-state index in [1.165, 1.54) is 13.0 Å². The lowest BCUT2D eigenvalue weighted by Crippen LogP contribution is -2.51. The highest BCUT2D eigenvalue weighted by molar-refractivity contribution is 6.50. The Bertz CT molecular complexity index is 550. The minimum absolute atomic E-state index is 0.0966. The molecular formula is C15H18O4. The van der Waals surface area contributed by atoms with E-state index < -0.39 is 17.2 Å². The number of allylic oxidation sites excluding steroid dienone is 2. The van der Waals surface area contributed by atoms with Crippen molar-refractivity contribution in [2.75, 3.05) is 0 Å². The predicted octanol–water partition coefficient (Wildman–Crippen LogP) is 1.38. The van der Waals surface area contributed by atoms with Gasteiger partial charge >= 0.3 is 0 Å². The SMILES string of the molecule is CC1=CC2=C(C(=O)C1=O)C(C)CC(=O)C2(O)C(C)C. The summed E-state index contributed by atoms with van der Waals surface area (Å²) in [7, 11) is 0. The fourth-order valence-corrected chi connectivity index (χ4v) is 2.91. The molecule has 2 unspecified atom stereocenters. The first-order valence-corrected chi connectivity index (χ1v) is 6.48. The summed E-state index contributed by atoms with van der Waals surface area (Å²) in [6.07, 6.45) is 1.60. The van der Waals surface area contributed by atoms with E-state index in [-0.39, 0.29) is 29.6 Å².